The average Bonchev–Trinajstić information content (AvgIpc) is 1.72. The molecule has 13 unspecified atom stereocenters. The summed E-state index contributed by atoms with van der Waals surface area (Å²) in [7, 11) is 0. The minimum atomic E-state index is -1.79. The molecule has 0 radical (unpaired) electrons. The summed E-state index contributed by atoms with van der Waals surface area (Å²) >= 11 is 0. The van der Waals surface area contributed by atoms with Gasteiger partial charge in [-0.05, 0) is 124 Å². The number of fused-ring (bicyclic) bond motifs is 2. The first-order valence-corrected chi connectivity index (χ1v) is 36.7. The number of primary amides is 1. The summed E-state index contributed by atoms with van der Waals surface area (Å²) in [4.78, 5) is 202. The third-order valence-electron chi connectivity index (χ3n) is 18.9. The normalized spacial score (nSPS) is 18.0. The SMILES string of the molecule is CCC(C)CCC(=O)NC(CC(N)=O)C(=O)NC(Cc1ccc(O)cc1)C(=O)NC(Cc1c[nH]c2ccccc12)C(=O)NC(CCCN)C(=O)NC(CCCN)C(=O)NCC(=O)NC(CCCN)C(=O)NC(Cc1c[nH]c2ccccc12)C(=O)NC1C(=O)NC(C(C)CC)C(=O)NCC(=O)NC(CO)C(=O)OC1C. The van der Waals surface area contributed by atoms with Gasteiger partial charge in [-0.25, -0.2) is 4.79 Å². The zero-order valence-corrected chi connectivity index (χ0v) is 62.1. The Morgan fingerprint density at radius 2 is 1.04 bits per heavy atom. The number of benzene rings is 3. The molecular weight excluding hydrogens is 1410 g/mol. The van der Waals surface area contributed by atoms with Crippen LogP contribution in [0.4, 0.5) is 0 Å². The van der Waals surface area contributed by atoms with Crippen molar-refractivity contribution in [1.82, 2.24) is 73.8 Å². The van der Waals surface area contributed by atoms with E-state index >= 15 is 0 Å². The molecule has 1 aliphatic rings. The second kappa shape index (κ2) is 43.7. The van der Waals surface area contributed by atoms with E-state index in [0.29, 0.717) is 51.3 Å². The molecule has 3 aromatic carbocycles. The number of amides is 13. The molecule has 0 saturated carbocycles. The largest absolute Gasteiger partial charge is 0.508 e. The molecule has 35 heteroatoms. The van der Waals surface area contributed by atoms with Gasteiger partial charge in [0.1, 0.15) is 66.2 Å². The molecular formula is C74H106N18O17. The van der Waals surface area contributed by atoms with Crippen molar-refractivity contribution in [3.63, 3.8) is 0 Å². The van der Waals surface area contributed by atoms with Gasteiger partial charge in [-0.15, -0.1) is 0 Å². The molecule has 2 aromatic heterocycles. The number of carbonyl (C=O) groups is 14. The van der Waals surface area contributed by atoms with Crippen LogP contribution in [-0.2, 0) is 91.1 Å². The number of H-pyrrole nitrogens is 2. The van der Waals surface area contributed by atoms with Gasteiger partial charge in [-0.2, -0.15) is 0 Å². The summed E-state index contributed by atoms with van der Waals surface area (Å²) in [5.41, 5.74) is 26.2. The van der Waals surface area contributed by atoms with Crippen molar-refractivity contribution in [2.75, 3.05) is 39.3 Å². The van der Waals surface area contributed by atoms with E-state index in [4.69, 9.17) is 27.7 Å². The molecule has 594 valence electrons. The van der Waals surface area contributed by atoms with E-state index in [-0.39, 0.29) is 95.5 Å². The predicted molar refractivity (Wildman–Crippen MR) is 401 cm³/mol. The summed E-state index contributed by atoms with van der Waals surface area (Å²) in [5.74, 6) is -13.2. The molecule has 24 N–H and O–H groups in total. The van der Waals surface area contributed by atoms with Gasteiger partial charge in [0.15, 0.2) is 6.04 Å². The molecule has 6 rings (SSSR count). The fourth-order valence-electron chi connectivity index (χ4n) is 12.1. The number of hydrogen-bond acceptors (Lipinski definition) is 20. The molecule has 0 spiro atoms. The number of hydrogen-bond donors (Lipinski definition) is 20. The number of nitrogens with one attached hydrogen (secondary N) is 14. The molecule has 13 amide bonds. The van der Waals surface area contributed by atoms with Crippen molar-refractivity contribution in [2.45, 2.75) is 191 Å². The standard InChI is InChI=1S/C74H106N18O17/c1-6-40(3)22-27-60(96)84-57(34-59(78)95)70(104)88-54(31-43-23-25-46(94)26-24-43)68(102)90-55(32-44-35-79-49-17-10-8-15-47(44)49)69(103)87-53(21-14-30-77)67(101)86-51(19-12-28-75)65(99)81-37-61(97)83-52(20-13-29-76)66(100)89-56(33-45-36-80-50-18-11-9-16-48(45)50)71(105)92-64-42(5)109-74(108)58(39-93)85-62(98)38-82-72(106)63(41(4)7-2)91-73(64)107/h8-11,15-18,23-26,35-36,40-42,51-58,63-64,79-80,93-94H,6-7,12-14,19-22,27-34,37-39,75-77H2,1-5H3,(H2,78,95)(H,81,99)(H,82,106)(H,83,97)(H,84,96)(H,85,98)(H,86,101)(H,87,103)(H,88,104)(H,89,100)(H,90,102)(H,91,107)(H,92,105). The molecule has 1 fully saturated rings. The fourth-order valence-corrected chi connectivity index (χ4v) is 12.1. The highest BCUT2D eigenvalue weighted by Gasteiger charge is 2.40. The van der Waals surface area contributed by atoms with Crippen molar-refractivity contribution in [2.24, 2.45) is 34.8 Å². The number of aliphatic hydroxyl groups is 1. The Bertz CT molecular complexity index is 3960. The zero-order valence-electron chi connectivity index (χ0n) is 62.1. The number of esters is 1. The van der Waals surface area contributed by atoms with Crippen LogP contribution in [0.2, 0.25) is 0 Å². The summed E-state index contributed by atoms with van der Waals surface area (Å²) in [6, 6.07) is 4.75. The van der Waals surface area contributed by atoms with E-state index in [2.05, 4.69) is 73.8 Å². The van der Waals surface area contributed by atoms with Crippen LogP contribution in [0.1, 0.15) is 122 Å². The van der Waals surface area contributed by atoms with Gasteiger partial charge in [0.25, 0.3) is 0 Å². The molecule has 5 aromatic rings. The first-order chi connectivity index (χ1) is 52.1. The van der Waals surface area contributed by atoms with Crippen molar-refractivity contribution in [1.29, 1.82) is 0 Å². The number of aromatic hydroxyl groups is 1. The molecule has 0 aliphatic carbocycles. The number of cyclic esters (lactones) is 1. The number of aliphatic hydroxyl groups excluding tert-OH is 1. The number of phenols is 1. The number of aromatic nitrogens is 2. The van der Waals surface area contributed by atoms with Crippen LogP contribution in [0.3, 0.4) is 0 Å². The highest BCUT2D eigenvalue weighted by molar-refractivity contribution is 6.01. The van der Waals surface area contributed by atoms with Gasteiger partial charge >= 0.3 is 5.97 Å². The molecule has 0 bridgehead atoms. The Morgan fingerprint density at radius 1 is 0.560 bits per heavy atom. The number of ether oxygens (including phenoxy) is 1. The van der Waals surface area contributed by atoms with E-state index in [9.17, 15) is 77.3 Å². The quantitative estimate of drug-likeness (QED) is 0.0178. The topological polar surface area (TPSA) is 569 Å². The summed E-state index contributed by atoms with van der Waals surface area (Å²) in [5, 5.41) is 52.5. The number of aromatic amines is 2. The van der Waals surface area contributed by atoms with E-state index < -0.39 is 181 Å². The molecule has 1 saturated heterocycles. The van der Waals surface area contributed by atoms with Crippen LogP contribution < -0.4 is 86.7 Å². The third kappa shape index (κ3) is 27.0. The van der Waals surface area contributed by atoms with Crippen LogP contribution in [0.5, 0.6) is 5.75 Å². The van der Waals surface area contributed by atoms with Gasteiger partial charge in [0, 0.05) is 59.9 Å². The first-order valence-electron chi connectivity index (χ1n) is 36.7. The molecule has 13 atom stereocenters. The van der Waals surface area contributed by atoms with Crippen LogP contribution in [0.15, 0.2) is 85.2 Å². The Kier molecular flexibility index (Phi) is 34.8. The van der Waals surface area contributed by atoms with Crippen molar-refractivity contribution in [3.05, 3.63) is 102 Å². The van der Waals surface area contributed by atoms with E-state index in [0.717, 1.165) is 6.42 Å². The Labute approximate surface area is 630 Å². The number of carbonyl (C=O) groups excluding carboxylic acids is 14. The lowest BCUT2D eigenvalue weighted by molar-refractivity contribution is -0.157. The monoisotopic (exact) mass is 1520 g/mol. The predicted octanol–water partition coefficient (Wildman–Crippen LogP) is -2.63. The highest BCUT2D eigenvalue weighted by Crippen LogP contribution is 2.23. The third-order valence-corrected chi connectivity index (χ3v) is 18.9. The van der Waals surface area contributed by atoms with E-state index in [1.165, 1.54) is 31.2 Å². The minimum absolute atomic E-state index is 0.0272. The van der Waals surface area contributed by atoms with Crippen LogP contribution in [0.25, 0.3) is 21.8 Å². The van der Waals surface area contributed by atoms with E-state index in [1.54, 1.807) is 74.8 Å². The lowest BCUT2D eigenvalue weighted by Crippen LogP contribution is -2.62. The van der Waals surface area contributed by atoms with Crippen molar-refractivity contribution < 1.29 is 82.1 Å². The zero-order chi connectivity index (χ0) is 79.9. The highest BCUT2D eigenvalue weighted by atomic mass is 16.5. The summed E-state index contributed by atoms with van der Waals surface area (Å²) in [6.45, 7) is 6.32. The van der Waals surface area contributed by atoms with Gasteiger partial charge in [0.2, 0.25) is 76.8 Å². The number of nitrogens with two attached hydrogens (primary N) is 4. The van der Waals surface area contributed by atoms with E-state index in [1.807, 2.05) is 13.8 Å². The van der Waals surface area contributed by atoms with Gasteiger partial charge in [-0.1, -0.05) is 89.1 Å². The fraction of sp³-hybridized carbons (Fsp3) is 0.514. The van der Waals surface area contributed by atoms with Gasteiger partial charge in [-0.3, -0.25) is 62.3 Å². The lowest BCUT2D eigenvalue weighted by Gasteiger charge is -2.30. The number of phenolic OH excluding ortho intramolecular Hbond substituents is 1. The van der Waals surface area contributed by atoms with Crippen molar-refractivity contribution in [3.8, 4) is 5.75 Å². The maximum absolute atomic E-state index is 15.0. The molecule has 109 heavy (non-hydrogen) atoms. The Hall–Kier alpha value is -11.0. The second-order valence-electron chi connectivity index (χ2n) is 27.3. The molecule has 3 heterocycles. The number of rotatable bonds is 41. The summed E-state index contributed by atoms with van der Waals surface area (Å²) < 4.78 is 5.57. The second-order valence-corrected chi connectivity index (χ2v) is 27.3. The Morgan fingerprint density at radius 3 is 1.55 bits per heavy atom. The minimum Gasteiger partial charge on any atom is -0.508 e. The van der Waals surface area contributed by atoms with Crippen LogP contribution >= 0.6 is 0 Å². The number of para-hydroxylation sites is 2. The Balaban J connectivity index is 1.22. The summed E-state index contributed by atoms with van der Waals surface area (Å²) in [6.07, 6.45) is 2.15. The average molecular weight is 1520 g/mol. The van der Waals surface area contributed by atoms with Crippen LogP contribution in [0, 0.1) is 11.8 Å². The maximum atomic E-state index is 15.0. The molecule has 35 nitrogen and oxygen atoms in total. The first kappa shape index (κ1) is 86.9. The van der Waals surface area contributed by atoms with Crippen molar-refractivity contribution >= 4 is 105 Å². The van der Waals surface area contributed by atoms with Crippen LogP contribution in [-0.4, -0.2) is 209 Å². The lowest BCUT2D eigenvalue weighted by atomic mass is 9.97. The maximum Gasteiger partial charge on any atom is 0.331 e. The molecule has 1 aliphatic heterocycles. The smallest absolute Gasteiger partial charge is 0.331 e. The van der Waals surface area contributed by atoms with Gasteiger partial charge < -0.3 is 112 Å². The van der Waals surface area contributed by atoms with Gasteiger partial charge in [0.05, 0.1) is 26.1 Å².